The normalized spacial score (nSPS) is 12.7. The Morgan fingerprint density at radius 2 is 2.24 bits per heavy atom. The smallest absolute Gasteiger partial charge is 0.112 e. The molecule has 0 saturated carbocycles. The van der Waals surface area contributed by atoms with E-state index in [1.807, 2.05) is 35.9 Å². The van der Waals surface area contributed by atoms with Crippen molar-refractivity contribution in [3.8, 4) is 5.69 Å². The van der Waals surface area contributed by atoms with E-state index < -0.39 is 0 Å². The molecule has 1 aromatic heterocycles. The lowest BCUT2D eigenvalue weighted by Gasteiger charge is -2.12. The summed E-state index contributed by atoms with van der Waals surface area (Å²) in [5.74, 6) is 1.00. The molecule has 2 rings (SSSR count). The van der Waals surface area contributed by atoms with Gasteiger partial charge in [-0.25, -0.2) is 4.98 Å². The monoisotopic (exact) mass is 249 g/mol. The van der Waals surface area contributed by atoms with Crippen molar-refractivity contribution in [3.63, 3.8) is 0 Å². The first-order chi connectivity index (χ1) is 8.13. The number of halogens is 1. The van der Waals surface area contributed by atoms with Crippen LogP contribution in [0.4, 0.5) is 0 Å². The number of imidazole rings is 1. The summed E-state index contributed by atoms with van der Waals surface area (Å²) in [4.78, 5) is 4.29. The third-order valence-corrected chi connectivity index (χ3v) is 3.09. The Kier molecular flexibility index (Phi) is 3.50. The van der Waals surface area contributed by atoms with Crippen molar-refractivity contribution in [1.29, 1.82) is 0 Å². The van der Waals surface area contributed by atoms with Crippen LogP contribution in [0.1, 0.15) is 31.3 Å². The van der Waals surface area contributed by atoms with Crippen molar-refractivity contribution in [2.45, 2.75) is 26.3 Å². The third-order valence-electron chi connectivity index (χ3n) is 2.79. The number of nitrogens with zero attached hydrogens (tertiary/aromatic N) is 2. The van der Waals surface area contributed by atoms with Gasteiger partial charge < -0.3 is 10.3 Å². The lowest BCUT2D eigenvalue weighted by molar-refractivity contribution is 0.816. The van der Waals surface area contributed by atoms with Crippen LogP contribution < -0.4 is 5.73 Å². The van der Waals surface area contributed by atoms with E-state index in [4.69, 9.17) is 17.3 Å². The highest BCUT2D eigenvalue weighted by Gasteiger charge is 2.09. The largest absolute Gasteiger partial charge is 0.324 e. The van der Waals surface area contributed by atoms with Crippen LogP contribution in [0.25, 0.3) is 5.69 Å². The molecule has 0 aliphatic rings. The van der Waals surface area contributed by atoms with Crippen molar-refractivity contribution >= 4 is 11.6 Å². The van der Waals surface area contributed by atoms with Crippen LogP contribution in [-0.4, -0.2) is 9.55 Å². The van der Waals surface area contributed by atoms with E-state index in [-0.39, 0.29) is 6.04 Å². The third kappa shape index (κ3) is 2.35. The van der Waals surface area contributed by atoms with Gasteiger partial charge in [0.05, 0.1) is 10.7 Å². The van der Waals surface area contributed by atoms with Crippen LogP contribution in [0.15, 0.2) is 30.6 Å². The zero-order chi connectivity index (χ0) is 12.4. The maximum atomic E-state index is 6.29. The minimum absolute atomic E-state index is 0.00465. The Morgan fingerprint density at radius 3 is 2.82 bits per heavy atom. The van der Waals surface area contributed by atoms with E-state index in [1.54, 1.807) is 6.20 Å². The molecule has 3 nitrogen and oxygen atoms in total. The SMILES string of the molecule is CCc1nccn1-c1ccc([C@@H](C)N)cc1Cl. The zero-order valence-corrected chi connectivity index (χ0v) is 10.8. The molecular weight excluding hydrogens is 234 g/mol. The minimum Gasteiger partial charge on any atom is -0.324 e. The fraction of sp³-hybridized carbons (Fsp3) is 0.308. The highest BCUT2D eigenvalue weighted by atomic mass is 35.5. The van der Waals surface area contributed by atoms with E-state index in [0.29, 0.717) is 5.02 Å². The highest BCUT2D eigenvalue weighted by Crippen LogP contribution is 2.25. The van der Waals surface area contributed by atoms with Gasteiger partial charge in [-0.05, 0) is 24.6 Å². The van der Waals surface area contributed by atoms with Gasteiger partial charge in [0.25, 0.3) is 0 Å². The van der Waals surface area contributed by atoms with E-state index in [9.17, 15) is 0 Å². The number of aryl methyl sites for hydroxylation is 1. The molecule has 1 heterocycles. The molecule has 0 spiro atoms. The Labute approximate surface area is 106 Å². The molecule has 0 amide bonds. The summed E-state index contributed by atoms with van der Waals surface area (Å²) in [6, 6.07) is 5.91. The first kappa shape index (κ1) is 12.1. The summed E-state index contributed by atoms with van der Waals surface area (Å²) >= 11 is 6.29. The Balaban J connectivity index is 2.47. The lowest BCUT2D eigenvalue weighted by atomic mass is 10.1. The first-order valence-electron chi connectivity index (χ1n) is 5.71. The van der Waals surface area contributed by atoms with Gasteiger partial charge in [-0.15, -0.1) is 0 Å². The minimum atomic E-state index is -0.00465. The highest BCUT2D eigenvalue weighted by molar-refractivity contribution is 6.32. The van der Waals surface area contributed by atoms with Gasteiger partial charge in [0.15, 0.2) is 0 Å². The van der Waals surface area contributed by atoms with Gasteiger partial charge in [-0.2, -0.15) is 0 Å². The molecular formula is C13H16ClN3. The van der Waals surface area contributed by atoms with Gasteiger partial charge in [0.1, 0.15) is 5.82 Å². The van der Waals surface area contributed by atoms with E-state index in [1.165, 1.54) is 0 Å². The molecule has 17 heavy (non-hydrogen) atoms. The van der Waals surface area contributed by atoms with Gasteiger partial charge in [-0.3, -0.25) is 0 Å². The standard InChI is InChI=1S/C13H16ClN3/c1-3-13-16-6-7-17(13)12-5-4-10(9(2)15)8-11(12)14/h4-9H,3,15H2,1-2H3/t9-/m1/s1. The summed E-state index contributed by atoms with van der Waals surface area (Å²) in [7, 11) is 0. The average Bonchev–Trinajstić information content (AvgIpc) is 2.76. The molecule has 2 aromatic rings. The summed E-state index contributed by atoms with van der Waals surface area (Å²) in [5.41, 5.74) is 7.82. The molecule has 0 unspecified atom stereocenters. The second kappa shape index (κ2) is 4.90. The van der Waals surface area contributed by atoms with Gasteiger partial charge in [0.2, 0.25) is 0 Å². The van der Waals surface area contributed by atoms with Gasteiger partial charge >= 0.3 is 0 Å². The average molecular weight is 250 g/mol. The van der Waals surface area contributed by atoms with Crippen molar-refractivity contribution in [2.75, 3.05) is 0 Å². The number of benzene rings is 1. The summed E-state index contributed by atoms with van der Waals surface area (Å²) in [5, 5.41) is 0.701. The van der Waals surface area contributed by atoms with Crippen molar-refractivity contribution in [1.82, 2.24) is 9.55 Å². The number of hydrogen-bond acceptors (Lipinski definition) is 2. The predicted octanol–water partition coefficient (Wildman–Crippen LogP) is 3.11. The molecule has 0 aliphatic carbocycles. The molecule has 2 N–H and O–H groups in total. The fourth-order valence-electron chi connectivity index (χ4n) is 1.82. The molecule has 0 bridgehead atoms. The second-order valence-electron chi connectivity index (χ2n) is 4.07. The van der Waals surface area contributed by atoms with Crippen LogP contribution >= 0.6 is 11.6 Å². The first-order valence-corrected chi connectivity index (χ1v) is 6.09. The topological polar surface area (TPSA) is 43.8 Å². The quantitative estimate of drug-likeness (QED) is 0.908. The Bertz CT molecular complexity index is 517. The van der Waals surface area contributed by atoms with Crippen LogP contribution in [-0.2, 0) is 6.42 Å². The van der Waals surface area contributed by atoms with Crippen molar-refractivity contribution < 1.29 is 0 Å². The van der Waals surface area contributed by atoms with Gasteiger partial charge in [-0.1, -0.05) is 24.6 Å². The van der Waals surface area contributed by atoms with Crippen LogP contribution in [0, 0.1) is 0 Å². The molecule has 0 saturated heterocycles. The molecule has 0 radical (unpaired) electrons. The maximum absolute atomic E-state index is 6.29. The molecule has 1 atom stereocenters. The number of hydrogen-bond donors (Lipinski definition) is 1. The van der Waals surface area contributed by atoms with Crippen LogP contribution in [0.5, 0.6) is 0 Å². The lowest BCUT2D eigenvalue weighted by Crippen LogP contribution is -2.06. The number of aromatic nitrogens is 2. The molecule has 1 aromatic carbocycles. The number of rotatable bonds is 3. The van der Waals surface area contributed by atoms with E-state index in [0.717, 1.165) is 23.5 Å². The summed E-state index contributed by atoms with van der Waals surface area (Å²) < 4.78 is 2.01. The van der Waals surface area contributed by atoms with E-state index >= 15 is 0 Å². The molecule has 90 valence electrons. The van der Waals surface area contributed by atoms with Crippen molar-refractivity contribution in [3.05, 3.63) is 47.0 Å². The predicted molar refractivity (Wildman–Crippen MR) is 70.6 cm³/mol. The maximum Gasteiger partial charge on any atom is 0.112 e. The Hall–Kier alpha value is -1.32. The summed E-state index contributed by atoms with van der Waals surface area (Å²) in [6.07, 6.45) is 4.58. The van der Waals surface area contributed by atoms with Crippen LogP contribution in [0.2, 0.25) is 5.02 Å². The Morgan fingerprint density at radius 1 is 1.47 bits per heavy atom. The zero-order valence-electron chi connectivity index (χ0n) is 10.0. The molecule has 0 fully saturated rings. The fourth-order valence-corrected chi connectivity index (χ4v) is 2.10. The molecule has 0 aliphatic heterocycles. The molecule has 4 heteroatoms. The van der Waals surface area contributed by atoms with Crippen molar-refractivity contribution in [2.24, 2.45) is 5.73 Å². The summed E-state index contributed by atoms with van der Waals surface area (Å²) in [6.45, 7) is 4.02. The van der Waals surface area contributed by atoms with Gasteiger partial charge in [0, 0.05) is 24.9 Å². The van der Waals surface area contributed by atoms with E-state index in [2.05, 4.69) is 11.9 Å². The van der Waals surface area contributed by atoms with Crippen LogP contribution in [0.3, 0.4) is 0 Å². The second-order valence-corrected chi connectivity index (χ2v) is 4.47. The number of nitrogens with two attached hydrogens (primary N) is 1.